The molecule has 0 atom stereocenters. The Balaban J connectivity index is 2.60. The highest BCUT2D eigenvalue weighted by Gasteiger charge is 2.03. The van der Waals surface area contributed by atoms with Crippen LogP contribution in [0.15, 0.2) is 30.7 Å². The van der Waals surface area contributed by atoms with Crippen molar-refractivity contribution in [2.45, 2.75) is 6.54 Å². The summed E-state index contributed by atoms with van der Waals surface area (Å²) in [4.78, 5) is 0. The normalized spacial score (nSPS) is 10.2. The third-order valence-corrected chi connectivity index (χ3v) is 2.14. The summed E-state index contributed by atoms with van der Waals surface area (Å²) >= 11 is 0. The van der Waals surface area contributed by atoms with Gasteiger partial charge in [0.2, 0.25) is 6.54 Å². The fourth-order valence-corrected chi connectivity index (χ4v) is 1.42. The van der Waals surface area contributed by atoms with Crippen LogP contribution in [0.25, 0.3) is 10.9 Å². The molecule has 0 aliphatic heterocycles. The first-order valence-electron chi connectivity index (χ1n) is 4.12. The van der Waals surface area contributed by atoms with Gasteiger partial charge < -0.3 is 4.57 Å². The number of aromatic nitrogens is 2. The summed E-state index contributed by atoms with van der Waals surface area (Å²) in [6.07, 6.45) is 5.92. The predicted molar refractivity (Wildman–Crippen MR) is 48.7 cm³/mol. The number of rotatable bonds is 1. The molecule has 0 bridgehead atoms. The van der Waals surface area contributed by atoms with E-state index in [-0.39, 0.29) is 0 Å². The quantitative estimate of drug-likeness (QED) is 0.590. The van der Waals surface area contributed by atoms with Crippen molar-refractivity contribution in [3.05, 3.63) is 30.7 Å². The van der Waals surface area contributed by atoms with Crippen molar-refractivity contribution in [2.24, 2.45) is 7.05 Å². The Labute approximate surface area is 76.4 Å². The molecular weight excluding hydrogens is 162 g/mol. The predicted octanol–water partition coefficient (Wildman–Crippen LogP) is 0.989. The second kappa shape index (κ2) is 2.91. The van der Waals surface area contributed by atoms with Crippen LogP contribution in [0.4, 0.5) is 0 Å². The van der Waals surface area contributed by atoms with Crippen molar-refractivity contribution in [1.82, 2.24) is 4.57 Å². The molecule has 13 heavy (non-hydrogen) atoms. The van der Waals surface area contributed by atoms with E-state index in [4.69, 9.17) is 5.26 Å². The highest BCUT2D eigenvalue weighted by atomic mass is 15.0. The van der Waals surface area contributed by atoms with Gasteiger partial charge in [-0.25, -0.2) is 0 Å². The van der Waals surface area contributed by atoms with E-state index in [1.807, 2.05) is 40.8 Å². The Morgan fingerprint density at radius 3 is 3.15 bits per heavy atom. The summed E-state index contributed by atoms with van der Waals surface area (Å²) in [7, 11) is 2.00. The van der Waals surface area contributed by atoms with Gasteiger partial charge in [-0.3, -0.25) is 0 Å². The van der Waals surface area contributed by atoms with Crippen LogP contribution in [0.5, 0.6) is 0 Å². The van der Waals surface area contributed by atoms with Crippen molar-refractivity contribution < 1.29 is 4.57 Å². The maximum atomic E-state index is 8.53. The zero-order valence-corrected chi connectivity index (χ0v) is 7.44. The zero-order valence-electron chi connectivity index (χ0n) is 7.44. The van der Waals surface area contributed by atoms with E-state index in [0.29, 0.717) is 6.54 Å². The Bertz CT molecular complexity index is 476. The number of pyridine rings is 1. The highest BCUT2D eigenvalue weighted by Crippen LogP contribution is 2.10. The van der Waals surface area contributed by atoms with Gasteiger partial charge in [0.25, 0.3) is 0 Å². The first kappa shape index (κ1) is 7.81. The van der Waals surface area contributed by atoms with Crippen LogP contribution in [-0.4, -0.2) is 4.57 Å². The molecule has 0 radical (unpaired) electrons. The van der Waals surface area contributed by atoms with Crippen molar-refractivity contribution in [2.75, 3.05) is 0 Å². The van der Waals surface area contributed by atoms with Gasteiger partial charge in [0.15, 0.2) is 12.4 Å². The summed E-state index contributed by atoms with van der Waals surface area (Å²) in [5, 5.41) is 9.74. The third-order valence-electron chi connectivity index (χ3n) is 2.14. The van der Waals surface area contributed by atoms with Gasteiger partial charge >= 0.3 is 0 Å². The van der Waals surface area contributed by atoms with Crippen LogP contribution in [-0.2, 0) is 13.6 Å². The van der Waals surface area contributed by atoms with Crippen LogP contribution in [0.1, 0.15) is 0 Å². The van der Waals surface area contributed by atoms with Crippen LogP contribution < -0.4 is 4.57 Å². The van der Waals surface area contributed by atoms with E-state index in [0.717, 1.165) is 5.52 Å². The molecule has 2 aromatic rings. The van der Waals surface area contributed by atoms with Crippen LogP contribution in [0.2, 0.25) is 0 Å². The van der Waals surface area contributed by atoms with Gasteiger partial charge in [0, 0.05) is 24.7 Å². The second-order valence-electron chi connectivity index (χ2n) is 3.04. The Kier molecular flexibility index (Phi) is 1.75. The molecule has 64 valence electrons. The average Bonchev–Trinajstić information content (AvgIpc) is 2.49. The molecule has 3 heteroatoms. The minimum Gasteiger partial charge on any atom is -0.346 e. The maximum absolute atomic E-state index is 8.53. The number of nitriles is 1. The molecule has 3 nitrogen and oxygen atoms in total. The number of fused-ring (bicyclic) bond motifs is 1. The first-order chi connectivity index (χ1) is 6.31. The average molecular weight is 172 g/mol. The monoisotopic (exact) mass is 172 g/mol. The van der Waals surface area contributed by atoms with Gasteiger partial charge in [-0.05, 0) is 6.07 Å². The number of hydrogen-bond acceptors (Lipinski definition) is 1. The summed E-state index contributed by atoms with van der Waals surface area (Å²) in [6.45, 7) is 0.404. The molecule has 0 saturated heterocycles. The summed E-state index contributed by atoms with van der Waals surface area (Å²) < 4.78 is 3.92. The molecule has 0 unspecified atom stereocenters. The molecule has 0 spiro atoms. The highest BCUT2D eigenvalue weighted by molar-refractivity contribution is 5.77. The summed E-state index contributed by atoms with van der Waals surface area (Å²) in [5.41, 5.74) is 1.15. The number of hydrogen-bond donors (Lipinski definition) is 0. The van der Waals surface area contributed by atoms with E-state index in [1.165, 1.54) is 5.39 Å². The molecule has 2 aromatic heterocycles. The lowest BCUT2D eigenvalue weighted by molar-refractivity contribution is -0.683. The van der Waals surface area contributed by atoms with Gasteiger partial charge in [-0.1, -0.05) is 0 Å². The largest absolute Gasteiger partial charge is 0.346 e. The van der Waals surface area contributed by atoms with Gasteiger partial charge in [-0.15, -0.1) is 0 Å². The molecule has 2 rings (SSSR count). The van der Waals surface area contributed by atoms with Crippen molar-refractivity contribution in [3.63, 3.8) is 0 Å². The Morgan fingerprint density at radius 1 is 1.54 bits per heavy atom. The summed E-state index contributed by atoms with van der Waals surface area (Å²) in [6, 6.07) is 6.20. The minimum absolute atomic E-state index is 0.404. The molecule has 0 N–H and O–H groups in total. The maximum Gasteiger partial charge on any atom is 0.234 e. The smallest absolute Gasteiger partial charge is 0.234 e. The lowest BCUT2D eigenvalue weighted by Crippen LogP contribution is -2.31. The summed E-state index contributed by atoms with van der Waals surface area (Å²) in [5.74, 6) is 0. The zero-order chi connectivity index (χ0) is 9.26. The van der Waals surface area contributed by atoms with E-state index >= 15 is 0 Å². The second-order valence-corrected chi connectivity index (χ2v) is 3.04. The molecule has 0 amide bonds. The van der Waals surface area contributed by atoms with Gasteiger partial charge in [0.05, 0.1) is 0 Å². The van der Waals surface area contributed by atoms with E-state index in [9.17, 15) is 0 Å². The fourth-order valence-electron chi connectivity index (χ4n) is 1.42. The lowest BCUT2D eigenvalue weighted by atomic mass is 10.3. The topological polar surface area (TPSA) is 32.6 Å². The van der Waals surface area contributed by atoms with E-state index in [1.54, 1.807) is 0 Å². The number of aryl methyl sites for hydroxylation is 1. The molecule has 0 aliphatic rings. The molecule has 0 fully saturated rings. The molecule has 0 aromatic carbocycles. The molecular formula is C10H10N3+. The minimum atomic E-state index is 0.404. The Hall–Kier alpha value is -1.82. The van der Waals surface area contributed by atoms with Crippen LogP contribution in [0, 0.1) is 11.3 Å². The standard InChI is InChI=1S/C10H10N3/c1-12-5-2-9-3-6-13(7-4-11)8-10(9)12/h2-3,5-6,8H,7H2,1H3/q+1. The third kappa shape index (κ3) is 1.27. The SMILES string of the molecule is Cn1ccc2cc[n+](CC#N)cc21. The fraction of sp³-hybridized carbons (Fsp3) is 0.200. The molecule has 2 heterocycles. The van der Waals surface area contributed by atoms with Crippen LogP contribution >= 0.6 is 0 Å². The van der Waals surface area contributed by atoms with E-state index in [2.05, 4.69) is 12.1 Å². The van der Waals surface area contributed by atoms with Crippen molar-refractivity contribution in [1.29, 1.82) is 5.26 Å². The van der Waals surface area contributed by atoms with Gasteiger partial charge in [-0.2, -0.15) is 9.83 Å². The lowest BCUT2D eigenvalue weighted by Gasteiger charge is -1.93. The van der Waals surface area contributed by atoms with Crippen molar-refractivity contribution in [3.8, 4) is 6.07 Å². The molecule has 0 saturated carbocycles. The van der Waals surface area contributed by atoms with E-state index < -0.39 is 0 Å². The number of nitrogens with zero attached hydrogens (tertiary/aromatic N) is 3. The van der Waals surface area contributed by atoms with Crippen LogP contribution in [0.3, 0.4) is 0 Å². The first-order valence-corrected chi connectivity index (χ1v) is 4.12. The Morgan fingerprint density at radius 2 is 2.38 bits per heavy atom. The van der Waals surface area contributed by atoms with Crippen molar-refractivity contribution >= 4 is 10.9 Å². The molecule has 0 aliphatic carbocycles. The van der Waals surface area contributed by atoms with Gasteiger partial charge in [0.1, 0.15) is 11.6 Å².